The summed E-state index contributed by atoms with van der Waals surface area (Å²) in [5.74, 6) is -0.356. The number of rotatable bonds is 8. The minimum absolute atomic E-state index is 0.0186. The van der Waals surface area contributed by atoms with Crippen LogP contribution in [0.1, 0.15) is 29.8 Å². The average molecular weight is 554 g/mol. The number of phenols is 1. The van der Waals surface area contributed by atoms with Crippen molar-refractivity contribution in [3.63, 3.8) is 0 Å². The largest absolute Gasteiger partial charge is 0.505 e. The molecule has 9 nitrogen and oxygen atoms in total. The molecule has 0 heterocycles. The number of hydrogen-bond donors (Lipinski definition) is 3. The molecule has 0 aliphatic carbocycles. The first-order valence-corrected chi connectivity index (χ1v) is 13.4. The van der Waals surface area contributed by atoms with Crippen molar-refractivity contribution in [1.82, 2.24) is 0 Å². The minimum atomic E-state index is -4.53. The van der Waals surface area contributed by atoms with Crippen LogP contribution in [0.5, 0.6) is 11.5 Å². The van der Waals surface area contributed by atoms with Gasteiger partial charge in [0.15, 0.2) is 5.75 Å². The molecule has 0 bridgehead atoms. The second kappa shape index (κ2) is 11.2. The molecule has 3 N–H and O–H groups in total. The van der Waals surface area contributed by atoms with Crippen molar-refractivity contribution in [1.29, 1.82) is 0 Å². The summed E-state index contributed by atoms with van der Waals surface area (Å²) in [5, 5.41) is 23.3. The number of benzene rings is 4. The van der Waals surface area contributed by atoms with E-state index in [1.807, 2.05) is 6.92 Å². The molecule has 11 heteroatoms. The van der Waals surface area contributed by atoms with Gasteiger partial charge in [0, 0.05) is 17.1 Å². The van der Waals surface area contributed by atoms with Crippen molar-refractivity contribution in [2.75, 3.05) is 11.9 Å². The number of anilines is 1. The monoisotopic (exact) mass is 553 g/mol. The van der Waals surface area contributed by atoms with E-state index in [4.69, 9.17) is 16.3 Å². The maximum absolute atomic E-state index is 13.2. The highest BCUT2D eigenvalue weighted by atomic mass is 35.5. The lowest BCUT2D eigenvalue weighted by atomic mass is 10.0. The summed E-state index contributed by atoms with van der Waals surface area (Å²) in [6.07, 6.45) is 0.298. The molecule has 38 heavy (non-hydrogen) atoms. The number of halogens is 1. The van der Waals surface area contributed by atoms with Gasteiger partial charge in [0.05, 0.1) is 22.9 Å². The van der Waals surface area contributed by atoms with Crippen molar-refractivity contribution in [3.8, 4) is 11.5 Å². The number of nitrogens with zero attached hydrogens (tertiary/aromatic N) is 2. The van der Waals surface area contributed by atoms with E-state index in [9.17, 15) is 22.9 Å². The second-order valence-electron chi connectivity index (χ2n) is 8.16. The van der Waals surface area contributed by atoms with Gasteiger partial charge in [-0.1, -0.05) is 48.9 Å². The lowest BCUT2D eigenvalue weighted by Gasteiger charge is -2.12. The number of hydrogen-bond acceptors (Lipinski definition) is 7. The smallest absolute Gasteiger partial charge is 0.296 e. The molecule has 1 amide bonds. The first-order chi connectivity index (χ1) is 18.1. The molecule has 0 spiro atoms. The molecule has 0 atom stereocenters. The normalized spacial score (nSPS) is 11.7. The van der Waals surface area contributed by atoms with Crippen LogP contribution in [-0.4, -0.2) is 30.6 Å². The number of fused-ring (bicyclic) bond motifs is 1. The Hall–Kier alpha value is -3.99. The third-order valence-corrected chi connectivity index (χ3v) is 7.15. The lowest BCUT2D eigenvalue weighted by molar-refractivity contribution is 0.102. The highest BCUT2D eigenvalue weighted by molar-refractivity contribution is 7.86. The van der Waals surface area contributed by atoms with Crippen LogP contribution in [0.25, 0.3) is 10.8 Å². The molecule has 0 saturated carbocycles. The van der Waals surface area contributed by atoms with Gasteiger partial charge >= 0.3 is 0 Å². The van der Waals surface area contributed by atoms with E-state index in [0.29, 0.717) is 40.8 Å². The fourth-order valence-electron chi connectivity index (χ4n) is 3.94. The number of ether oxygens (including phenoxy) is 1. The number of carbonyl (C=O) groups excluding carboxylic acids is 1. The van der Waals surface area contributed by atoms with Gasteiger partial charge < -0.3 is 15.2 Å². The Morgan fingerprint density at radius 1 is 1.03 bits per heavy atom. The molecular formula is C27H24ClN3O6S. The molecule has 0 aliphatic heterocycles. The molecule has 4 aromatic carbocycles. The van der Waals surface area contributed by atoms with Crippen LogP contribution < -0.4 is 10.1 Å². The Morgan fingerprint density at radius 3 is 2.50 bits per heavy atom. The molecule has 0 unspecified atom stereocenters. The molecule has 0 fully saturated rings. The van der Waals surface area contributed by atoms with Crippen molar-refractivity contribution in [2.45, 2.75) is 25.2 Å². The van der Waals surface area contributed by atoms with Gasteiger partial charge in [-0.05, 0) is 54.6 Å². The van der Waals surface area contributed by atoms with Crippen LogP contribution in [-0.2, 0) is 16.5 Å². The Balaban J connectivity index is 1.78. The van der Waals surface area contributed by atoms with E-state index in [1.165, 1.54) is 6.07 Å². The summed E-state index contributed by atoms with van der Waals surface area (Å²) in [6, 6.07) is 18.0. The SMILES string of the molecule is CCOc1cccc(NC(=O)c2cc3ccccc3c(N=Nc3ccc(S(=O)(=O)O)c(Cl)c3CC)c2O)c1. The van der Waals surface area contributed by atoms with Gasteiger partial charge in [-0.15, -0.1) is 5.11 Å². The highest BCUT2D eigenvalue weighted by Gasteiger charge is 2.21. The van der Waals surface area contributed by atoms with E-state index in [1.54, 1.807) is 61.5 Å². The standard InChI is InChI=1S/C27H24ClN3O6S/c1-3-19-22(12-13-23(24(19)28)38(34,35)36)30-31-25-20-11-6-5-8-16(20)14-21(26(25)32)27(33)29-17-9-7-10-18(15-17)37-4-2/h5-15,32H,3-4H2,1-2H3,(H,29,33)(H,34,35,36). The fraction of sp³-hybridized carbons (Fsp3) is 0.148. The molecule has 0 saturated heterocycles. The van der Waals surface area contributed by atoms with E-state index in [0.717, 1.165) is 6.07 Å². The third-order valence-electron chi connectivity index (χ3n) is 5.71. The number of azo groups is 1. The van der Waals surface area contributed by atoms with Gasteiger partial charge in [0.25, 0.3) is 16.0 Å². The van der Waals surface area contributed by atoms with E-state index in [-0.39, 0.29) is 27.7 Å². The maximum Gasteiger partial charge on any atom is 0.296 e. The predicted octanol–water partition coefficient (Wildman–Crippen LogP) is 7.07. The zero-order valence-corrected chi connectivity index (χ0v) is 22.0. The van der Waals surface area contributed by atoms with Gasteiger partial charge in [-0.2, -0.15) is 13.5 Å². The number of aromatic hydroxyl groups is 1. The summed E-state index contributed by atoms with van der Waals surface area (Å²) in [5.41, 5.74) is 1.11. The second-order valence-corrected chi connectivity index (χ2v) is 9.93. The topological polar surface area (TPSA) is 138 Å². The van der Waals surface area contributed by atoms with Gasteiger partial charge in [0.2, 0.25) is 0 Å². The Kier molecular flexibility index (Phi) is 7.96. The minimum Gasteiger partial charge on any atom is -0.505 e. The molecular weight excluding hydrogens is 530 g/mol. The summed E-state index contributed by atoms with van der Waals surface area (Å²) in [7, 11) is -4.53. The lowest BCUT2D eigenvalue weighted by Crippen LogP contribution is -2.12. The van der Waals surface area contributed by atoms with Crippen LogP contribution in [0.3, 0.4) is 0 Å². The zero-order valence-electron chi connectivity index (χ0n) is 20.5. The maximum atomic E-state index is 13.2. The molecule has 196 valence electrons. The van der Waals surface area contributed by atoms with Crippen molar-refractivity contribution in [2.24, 2.45) is 10.2 Å². The third kappa shape index (κ3) is 5.62. The Bertz CT molecular complexity index is 1670. The number of carbonyl (C=O) groups is 1. The number of phenolic OH excluding ortho intramolecular Hbond substituents is 1. The number of nitrogens with one attached hydrogen (secondary N) is 1. The van der Waals surface area contributed by atoms with E-state index >= 15 is 0 Å². The average Bonchev–Trinajstić information content (AvgIpc) is 2.87. The van der Waals surface area contributed by atoms with Crippen molar-refractivity contribution >= 4 is 55.5 Å². The molecule has 0 aliphatic rings. The van der Waals surface area contributed by atoms with E-state index in [2.05, 4.69) is 15.5 Å². The summed E-state index contributed by atoms with van der Waals surface area (Å²) in [4.78, 5) is 12.7. The van der Waals surface area contributed by atoms with Crippen molar-refractivity contribution < 1.29 is 27.6 Å². The number of amides is 1. The van der Waals surface area contributed by atoms with Gasteiger partial charge in [-0.3, -0.25) is 9.35 Å². The first kappa shape index (κ1) is 27.1. The Morgan fingerprint density at radius 2 is 1.79 bits per heavy atom. The highest BCUT2D eigenvalue weighted by Crippen LogP contribution is 2.41. The van der Waals surface area contributed by atoms with Crippen molar-refractivity contribution in [3.05, 3.63) is 82.9 Å². The van der Waals surface area contributed by atoms with Crippen LogP contribution in [0.2, 0.25) is 5.02 Å². The summed E-state index contributed by atoms with van der Waals surface area (Å²) < 4.78 is 38.2. The van der Waals surface area contributed by atoms with Gasteiger partial charge in [0.1, 0.15) is 16.3 Å². The molecule has 4 aromatic rings. The van der Waals surface area contributed by atoms with Crippen LogP contribution in [0, 0.1) is 0 Å². The van der Waals surface area contributed by atoms with Crippen LogP contribution in [0.4, 0.5) is 17.1 Å². The summed E-state index contributed by atoms with van der Waals surface area (Å²) >= 11 is 6.23. The Labute approximate surface area is 224 Å². The first-order valence-electron chi connectivity index (χ1n) is 11.6. The van der Waals surface area contributed by atoms with Gasteiger partial charge in [-0.25, -0.2) is 0 Å². The van der Waals surface area contributed by atoms with E-state index < -0.39 is 20.9 Å². The summed E-state index contributed by atoms with van der Waals surface area (Å²) in [6.45, 7) is 4.07. The molecule has 0 aromatic heterocycles. The molecule has 4 rings (SSSR count). The van der Waals surface area contributed by atoms with Crippen LogP contribution >= 0.6 is 11.6 Å². The zero-order chi connectivity index (χ0) is 27.4. The molecule has 0 radical (unpaired) electrons. The van der Waals surface area contributed by atoms with Crippen LogP contribution in [0.15, 0.2) is 81.9 Å². The predicted molar refractivity (Wildman–Crippen MR) is 146 cm³/mol. The fourth-order valence-corrected chi connectivity index (χ4v) is 5.12. The quantitative estimate of drug-likeness (QED) is 0.157.